The van der Waals surface area contributed by atoms with E-state index >= 15 is 0 Å². The second-order valence-corrected chi connectivity index (χ2v) is 4.43. The van der Waals surface area contributed by atoms with Gasteiger partial charge < -0.3 is 10.1 Å². The monoisotopic (exact) mass is 225 g/mol. The van der Waals surface area contributed by atoms with Crippen molar-refractivity contribution in [3.05, 3.63) is 30.3 Å². The molecule has 1 rings (SSSR count). The molecule has 84 valence electrons. The van der Waals surface area contributed by atoms with Crippen LogP contribution in [0.2, 0.25) is 0 Å². The summed E-state index contributed by atoms with van der Waals surface area (Å²) in [6.07, 6.45) is 1.09. The quantitative estimate of drug-likeness (QED) is 0.542. The Morgan fingerprint density at radius 2 is 2.00 bits per heavy atom. The largest absolute Gasteiger partial charge is 0.385 e. The molecule has 0 aromatic heterocycles. The third-order valence-electron chi connectivity index (χ3n) is 1.99. The Morgan fingerprint density at radius 3 is 2.73 bits per heavy atom. The number of methoxy groups -OCH3 is 1. The molecule has 0 spiro atoms. The molecule has 0 atom stereocenters. The fourth-order valence-corrected chi connectivity index (χ4v) is 2.06. The Labute approximate surface area is 96.4 Å². The number of rotatable bonds is 8. The van der Waals surface area contributed by atoms with Crippen LogP contribution in [-0.4, -0.2) is 32.6 Å². The zero-order valence-electron chi connectivity index (χ0n) is 9.24. The van der Waals surface area contributed by atoms with Gasteiger partial charge in [-0.2, -0.15) is 0 Å². The Balaban J connectivity index is 1.93. The third kappa shape index (κ3) is 6.55. The van der Waals surface area contributed by atoms with Crippen molar-refractivity contribution in [3.63, 3.8) is 0 Å². The minimum atomic E-state index is 0.846. The zero-order chi connectivity index (χ0) is 10.8. The first kappa shape index (κ1) is 12.6. The van der Waals surface area contributed by atoms with Crippen molar-refractivity contribution in [2.45, 2.75) is 11.3 Å². The van der Waals surface area contributed by atoms with E-state index in [4.69, 9.17) is 4.74 Å². The predicted octanol–water partition coefficient (Wildman–Crippen LogP) is 2.40. The fraction of sp³-hybridized carbons (Fsp3) is 0.500. The van der Waals surface area contributed by atoms with Crippen molar-refractivity contribution in [2.75, 3.05) is 32.6 Å². The smallest absolute Gasteiger partial charge is 0.0474 e. The molecule has 0 aliphatic heterocycles. The fourth-order valence-electron chi connectivity index (χ4n) is 1.22. The number of ether oxygens (including phenoxy) is 1. The van der Waals surface area contributed by atoms with Crippen LogP contribution in [0.15, 0.2) is 35.2 Å². The van der Waals surface area contributed by atoms with E-state index in [-0.39, 0.29) is 0 Å². The van der Waals surface area contributed by atoms with E-state index < -0.39 is 0 Å². The second kappa shape index (κ2) is 8.77. The van der Waals surface area contributed by atoms with Gasteiger partial charge in [0.05, 0.1) is 0 Å². The molecule has 0 saturated carbocycles. The van der Waals surface area contributed by atoms with Crippen molar-refractivity contribution in [1.82, 2.24) is 5.32 Å². The van der Waals surface area contributed by atoms with Crippen LogP contribution in [0.1, 0.15) is 6.42 Å². The van der Waals surface area contributed by atoms with Crippen molar-refractivity contribution < 1.29 is 4.74 Å². The van der Waals surface area contributed by atoms with Gasteiger partial charge in [-0.3, -0.25) is 0 Å². The highest BCUT2D eigenvalue weighted by Crippen LogP contribution is 2.15. The van der Waals surface area contributed by atoms with Crippen LogP contribution in [-0.2, 0) is 4.74 Å². The average Bonchev–Trinajstić information content (AvgIpc) is 2.29. The molecule has 2 nitrogen and oxygen atoms in total. The van der Waals surface area contributed by atoms with Crippen molar-refractivity contribution >= 4 is 11.8 Å². The molecule has 0 bridgehead atoms. The van der Waals surface area contributed by atoms with E-state index in [0.29, 0.717) is 0 Å². The molecule has 0 aliphatic carbocycles. The zero-order valence-corrected chi connectivity index (χ0v) is 10.1. The summed E-state index contributed by atoms with van der Waals surface area (Å²) in [4.78, 5) is 1.34. The van der Waals surface area contributed by atoms with E-state index in [2.05, 4.69) is 29.6 Å². The highest BCUT2D eigenvalue weighted by atomic mass is 32.2. The number of hydrogen-bond acceptors (Lipinski definition) is 3. The lowest BCUT2D eigenvalue weighted by Gasteiger charge is -2.04. The van der Waals surface area contributed by atoms with Gasteiger partial charge in [0.15, 0.2) is 0 Å². The first-order valence-corrected chi connectivity index (χ1v) is 6.29. The van der Waals surface area contributed by atoms with Gasteiger partial charge in [-0.1, -0.05) is 18.2 Å². The van der Waals surface area contributed by atoms with E-state index in [1.807, 2.05) is 17.8 Å². The first-order chi connectivity index (χ1) is 7.43. The van der Waals surface area contributed by atoms with Gasteiger partial charge in [-0.15, -0.1) is 11.8 Å². The molecule has 3 heteroatoms. The van der Waals surface area contributed by atoms with E-state index in [1.165, 1.54) is 4.90 Å². The minimum Gasteiger partial charge on any atom is -0.385 e. The van der Waals surface area contributed by atoms with E-state index in [9.17, 15) is 0 Å². The lowest BCUT2D eigenvalue weighted by molar-refractivity contribution is 0.194. The molecule has 0 saturated heterocycles. The number of benzene rings is 1. The van der Waals surface area contributed by atoms with Gasteiger partial charge in [0.25, 0.3) is 0 Å². The topological polar surface area (TPSA) is 21.3 Å². The summed E-state index contributed by atoms with van der Waals surface area (Å²) in [6, 6.07) is 10.5. The van der Waals surface area contributed by atoms with Gasteiger partial charge in [-0.25, -0.2) is 0 Å². The lowest BCUT2D eigenvalue weighted by Crippen LogP contribution is -2.19. The molecule has 15 heavy (non-hydrogen) atoms. The van der Waals surface area contributed by atoms with Crippen LogP contribution in [0.5, 0.6) is 0 Å². The van der Waals surface area contributed by atoms with Gasteiger partial charge in [0.2, 0.25) is 0 Å². The molecule has 0 fully saturated rings. The predicted molar refractivity (Wildman–Crippen MR) is 66.5 cm³/mol. The number of nitrogens with one attached hydrogen (secondary N) is 1. The number of thioether (sulfide) groups is 1. The molecule has 1 N–H and O–H groups in total. The lowest BCUT2D eigenvalue weighted by atomic mass is 10.4. The molecule has 1 aromatic rings. The number of hydrogen-bond donors (Lipinski definition) is 1. The van der Waals surface area contributed by atoms with Crippen molar-refractivity contribution in [3.8, 4) is 0 Å². The summed E-state index contributed by atoms with van der Waals surface area (Å²) in [5.41, 5.74) is 0. The Morgan fingerprint density at radius 1 is 1.20 bits per heavy atom. The van der Waals surface area contributed by atoms with Gasteiger partial charge >= 0.3 is 0 Å². The van der Waals surface area contributed by atoms with Crippen LogP contribution in [0.25, 0.3) is 0 Å². The Hall–Kier alpha value is -0.510. The van der Waals surface area contributed by atoms with Gasteiger partial charge in [0, 0.05) is 30.9 Å². The van der Waals surface area contributed by atoms with Gasteiger partial charge in [-0.05, 0) is 25.1 Å². The Kier molecular flexibility index (Phi) is 7.34. The summed E-state index contributed by atoms with van der Waals surface area (Å²) in [7, 11) is 1.74. The minimum absolute atomic E-state index is 0.846. The summed E-state index contributed by atoms with van der Waals surface area (Å²) in [5.74, 6) is 1.12. The van der Waals surface area contributed by atoms with E-state index in [1.54, 1.807) is 7.11 Å². The molecule has 0 amide bonds. The highest BCUT2D eigenvalue weighted by Gasteiger charge is 1.92. The maximum Gasteiger partial charge on any atom is 0.0474 e. The standard InChI is InChI=1S/C12H19NOS/c1-14-10-5-8-13-9-11-15-12-6-3-2-4-7-12/h2-4,6-7,13H,5,8-11H2,1H3. The van der Waals surface area contributed by atoms with Gasteiger partial charge in [0.1, 0.15) is 0 Å². The average molecular weight is 225 g/mol. The molecule has 0 unspecified atom stereocenters. The maximum atomic E-state index is 4.97. The van der Waals surface area contributed by atoms with Crippen LogP contribution < -0.4 is 5.32 Å². The van der Waals surface area contributed by atoms with Crippen LogP contribution in [0.3, 0.4) is 0 Å². The second-order valence-electron chi connectivity index (χ2n) is 3.26. The summed E-state index contributed by atoms with van der Waals surface area (Å²) >= 11 is 1.89. The van der Waals surface area contributed by atoms with Crippen LogP contribution in [0.4, 0.5) is 0 Å². The normalized spacial score (nSPS) is 10.5. The van der Waals surface area contributed by atoms with Crippen molar-refractivity contribution in [2.24, 2.45) is 0 Å². The maximum absolute atomic E-state index is 4.97. The van der Waals surface area contributed by atoms with Crippen molar-refractivity contribution in [1.29, 1.82) is 0 Å². The van der Waals surface area contributed by atoms with E-state index in [0.717, 1.165) is 31.9 Å². The summed E-state index contributed by atoms with van der Waals surface area (Å²) in [5, 5.41) is 3.39. The molecule has 1 aromatic carbocycles. The Bertz CT molecular complexity index is 241. The summed E-state index contributed by atoms with van der Waals surface area (Å²) in [6.45, 7) is 2.95. The molecule has 0 aliphatic rings. The van der Waals surface area contributed by atoms with Crippen LogP contribution in [0, 0.1) is 0 Å². The SMILES string of the molecule is COCCCNCCSc1ccccc1. The highest BCUT2D eigenvalue weighted by molar-refractivity contribution is 7.99. The third-order valence-corrected chi connectivity index (χ3v) is 3.01. The summed E-state index contributed by atoms with van der Waals surface area (Å²) < 4.78 is 4.97. The molecule has 0 radical (unpaired) electrons. The van der Waals surface area contributed by atoms with Crippen LogP contribution >= 0.6 is 11.8 Å². The molecule has 0 heterocycles. The molecular weight excluding hydrogens is 206 g/mol. The first-order valence-electron chi connectivity index (χ1n) is 5.31. The molecular formula is C12H19NOS.